The minimum Gasteiger partial charge on any atom is -0.437 e. The highest BCUT2D eigenvalue weighted by molar-refractivity contribution is 6.39. The lowest BCUT2D eigenvalue weighted by atomic mass is 10.0. The van der Waals surface area contributed by atoms with Gasteiger partial charge < -0.3 is 9.72 Å². The van der Waals surface area contributed by atoms with Gasteiger partial charge in [-0.1, -0.05) is 29.3 Å². The van der Waals surface area contributed by atoms with E-state index in [9.17, 15) is 13.6 Å². The third-order valence-electron chi connectivity index (χ3n) is 3.60. The maximum atomic E-state index is 13.6. The van der Waals surface area contributed by atoms with Crippen LogP contribution in [-0.2, 0) is 0 Å². The molecule has 5 nitrogen and oxygen atoms in total. The smallest absolute Gasteiger partial charge is 0.259 e. The van der Waals surface area contributed by atoms with Crippen LogP contribution in [0.2, 0.25) is 10.0 Å². The molecule has 1 aromatic heterocycles. The van der Waals surface area contributed by atoms with Crippen LogP contribution in [0.15, 0.2) is 53.6 Å². The first-order chi connectivity index (χ1) is 13.4. The first-order valence-corrected chi connectivity index (χ1v) is 8.54. The Morgan fingerprint density at radius 3 is 2.54 bits per heavy atom. The van der Waals surface area contributed by atoms with Crippen molar-refractivity contribution in [2.45, 2.75) is 0 Å². The summed E-state index contributed by atoms with van der Waals surface area (Å²) >= 11 is 12.4. The first-order valence-electron chi connectivity index (χ1n) is 7.78. The summed E-state index contributed by atoms with van der Waals surface area (Å²) in [7, 11) is 0. The van der Waals surface area contributed by atoms with E-state index in [2.05, 4.69) is 9.97 Å². The Labute approximate surface area is 167 Å². The Morgan fingerprint density at radius 1 is 1.14 bits per heavy atom. The zero-order chi connectivity index (χ0) is 20.3. The van der Waals surface area contributed by atoms with Gasteiger partial charge in [-0.3, -0.25) is 10.2 Å². The lowest BCUT2D eigenvalue weighted by molar-refractivity contribution is 0.483. The predicted molar refractivity (Wildman–Crippen MR) is 104 cm³/mol. The third-order valence-corrected chi connectivity index (χ3v) is 4.23. The second kappa shape index (κ2) is 8.33. The monoisotopic (exact) mass is 421 g/mol. The van der Waals surface area contributed by atoms with Crippen molar-refractivity contribution in [3.8, 4) is 16.9 Å². The van der Waals surface area contributed by atoms with Gasteiger partial charge in [-0.05, 0) is 30.3 Å². The number of ether oxygens (including phenoxy) is 1. The molecule has 2 N–H and O–H groups in total. The third kappa shape index (κ3) is 4.27. The maximum absolute atomic E-state index is 13.6. The Balaban J connectivity index is 1.94. The highest BCUT2D eigenvalue weighted by atomic mass is 35.5. The molecule has 0 aliphatic heterocycles. The topological polar surface area (TPSA) is 78.8 Å². The molecule has 0 bridgehead atoms. The van der Waals surface area contributed by atoms with Gasteiger partial charge in [0.05, 0.1) is 27.6 Å². The van der Waals surface area contributed by atoms with Crippen LogP contribution in [0.5, 0.6) is 5.75 Å². The van der Waals surface area contributed by atoms with Gasteiger partial charge in [-0.2, -0.15) is 0 Å². The average Bonchev–Trinajstić information content (AvgIpc) is 2.64. The van der Waals surface area contributed by atoms with Crippen LogP contribution in [0, 0.1) is 17.0 Å². The average molecular weight is 422 g/mol. The second-order valence-corrected chi connectivity index (χ2v) is 6.28. The standard InChI is InChI=1S/C19H11Cl2F2N3O2/c20-11-2-1-3-12(21)17(11)18-14(25-9-26-19(18)27)5-7-16(24)28-15-6-4-10(22)8-13(15)23/h1-9,24H,(H,25,26,27)/b7-5-,24-16?. The number of nitrogens with one attached hydrogen (secondary N) is 2. The summed E-state index contributed by atoms with van der Waals surface area (Å²) in [5.41, 5.74) is 0.0836. The molecule has 28 heavy (non-hydrogen) atoms. The van der Waals surface area contributed by atoms with Crippen LogP contribution < -0.4 is 10.3 Å². The molecule has 0 atom stereocenters. The van der Waals surface area contributed by atoms with E-state index in [0.29, 0.717) is 6.07 Å². The minimum atomic E-state index is -0.948. The summed E-state index contributed by atoms with van der Waals surface area (Å²) in [4.78, 5) is 18.9. The van der Waals surface area contributed by atoms with E-state index in [-0.39, 0.29) is 32.6 Å². The molecule has 1 heterocycles. The molecule has 0 spiro atoms. The first kappa shape index (κ1) is 19.7. The van der Waals surface area contributed by atoms with E-state index < -0.39 is 23.1 Å². The molecule has 3 rings (SSSR count). The van der Waals surface area contributed by atoms with Gasteiger partial charge >= 0.3 is 0 Å². The fourth-order valence-electron chi connectivity index (χ4n) is 2.38. The lowest BCUT2D eigenvalue weighted by Crippen LogP contribution is -2.12. The van der Waals surface area contributed by atoms with E-state index in [1.54, 1.807) is 18.2 Å². The molecule has 0 aliphatic rings. The van der Waals surface area contributed by atoms with Gasteiger partial charge in [-0.25, -0.2) is 13.8 Å². The maximum Gasteiger partial charge on any atom is 0.259 e. The predicted octanol–water partition coefficient (Wildman–Crippen LogP) is 5.09. The van der Waals surface area contributed by atoms with Crippen LogP contribution in [0.3, 0.4) is 0 Å². The molecule has 9 heteroatoms. The van der Waals surface area contributed by atoms with Crippen LogP contribution in [-0.4, -0.2) is 15.9 Å². The number of halogens is 4. The van der Waals surface area contributed by atoms with E-state index >= 15 is 0 Å². The quantitative estimate of drug-likeness (QED) is 0.454. The van der Waals surface area contributed by atoms with Crippen molar-refractivity contribution in [2.24, 2.45) is 0 Å². The van der Waals surface area contributed by atoms with Crippen molar-refractivity contribution < 1.29 is 13.5 Å². The molecule has 0 amide bonds. The zero-order valence-electron chi connectivity index (χ0n) is 14.0. The van der Waals surface area contributed by atoms with Gasteiger partial charge in [0.15, 0.2) is 11.6 Å². The van der Waals surface area contributed by atoms with E-state index in [4.69, 9.17) is 33.3 Å². The number of nitrogens with zero attached hydrogens (tertiary/aromatic N) is 1. The van der Waals surface area contributed by atoms with Crippen LogP contribution in [0.4, 0.5) is 8.78 Å². The number of H-pyrrole nitrogens is 1. The van der Waals surface area contributed by atoms with Crippen LogP contribution >= 0.6 is 23.2 Å². The number of rotatable bonds is 4. The molecular formula is C19H11Cl2F2N3O2. The van der Waals surface area contributed by atoms with Crippen LogP contribution in [0.1, 0.15) is 5.69 Å². The summed E-state index contributed by atoms with van der Waals surface area (Å²) in [6.45, 7) is 0. The lowest BCUT2D eigenvalue weighted by Gasteiger charge is -2.09. The fraction of sp³-hybridized carbons (Fsp3) is 0. The van der Waals surface area contributed by atoms with E-state index in [1.807, 2.05) is 0 Å². The van der Waals surface area contributed by atoms with Crippen molar-refractivity contribution in [3.63, 3.8) is 0 Å². The summed E-state index contributed by atoms with van der Waals surface area (Å²) in [6.07, 6.45) is 3.67. The van der Waals surface area contributed by atoms with Gasteiger partial charge in [0.2, 0.25) is 5.90 Å². The SMILES string of the molecule is N=C(/C=C\c1nc[nH]c(=O)c1-c1c(Cl)cccc1Cl)Oc1ccc(F)cc1F. The van der Waals surface area contributed by atoms with Crippen molar-refractivity contribution in [1.29, 1.82) is 5.41 Å². The number of aromatic nitrogens is 2. The number of hydrogen-bond acceptors (Lipinski definition) is 4. The number of hydrogen-bond donors (Lipinski definition) is 2. The Kier molecular flexibility index (Phi) is 5.87. The molecule has 0 saturated heterocycles. The highest BCUT2D eigenvalue weighted by Crippen LogP contribution is 2.34. The Bertz CT molecular complexity index is 1130. The minimum absolute atomic E-state index is 0.107. The van der Waals surface area contributed by atoms with Gasteiger partial charge in [-0.15, -0.1) is 0 Å². The van der Waals surface area contributed by atoms with Gasteiger partial charge in [0, 0.05) is 17.7 Å². The van der Waals surface area contributed by atoms with Gasteiger partial charge in [0.25, 0.3) is 5.56 Å². The molecule has 142 valence electrons. The Hall–Kier alpha value is -3.03. The summed E-state index contributed by atoms with van der Waals surface area (Å²) in [6, 6.07) is 7.49. The fourth-order valence-corrected chi connectivity index (χ4v) is 2.97. The normalized spacial score (nSPS) is 11.0. The van der Waals surface area contributed by atoms with Crippen molar-refractivity contribution in [1.82, 2.24) is 9.97 Å². The largest absolute Gasteiger partial charge is 0.437 e. The molecule has 0 fully saturated rings. The molecule has 0 radical (unpaired) electrons. The molecule has 0 saturated carbocycles. The summed E-state index contributed by atoms with van der Waals surface area (Å²) in [5.74, 6) is -2.48. The second-order valence-electron chi connectivity index (χ2n) is 5.46. The van der Waals surface area contributed by atoms with E-state index in [0.717, 1.165) is 12.1 Å². The summed E-state index contributed by atoms with van der Waals surface area (Å²) < 4.78 is 31.6. The molecule has 2 aromatic carbocycles. The van der Waals surface area contributed by atoms with E-state index in [1.165, 1.54) is 18.5 Å². The highest BCUT2D eigenvalue weighted by Gasteiger charge is 2.16. The van der Waals surface area contributed by atoms with Gasteiger partial charge in [0.1, 0.15) is 5.82 Å². The number of aromatic amines is 1. The number of benzene rings is 2. The molecule has 0 aliphatic carbocycles. The van der Waals surface area contributed by atoms with Crippen LogP contribution in [0.25, 0.3) is 17.2 Å². The summed E-state index contributed by atoms with van der Waals surface area (Å²) in [5, 5.41) is 8.30. The Morgan fingerprint density at radius 2 is 1.86 bits per heavy atom. The molecule has 0 unspecified atom stereocenters. The van der Waals surface area contributed by atoms with Crippen molar-refractivity contribution >= 4 is 35.2 Å². The molecule has 3 aromatic rings. The van der Waals surface area contributed by atoms with Crippen molar-refractivity contribution in [2.75, 3.05) is 0 Å². The molecular weight excluding hydrogens is 411 g/mol. The zero-order valence-corrected chi connectivity index (χ0v) is 15.5. The van der Waals surface area contributed by atoms with Crippen molar-refractivity contribution in [3.05, 3.63) is 86.5 Å².